The molecule has 0 fully saturated rings. The molecule has 0 aliphatic carbocycles. The van der Waals surface area contributed by atoms with E-state index in [1.807, 2.05) is 56.2 Å². The zero-order valence-electron chi connectivity index (χ0n) is 16.0. The second-order valence-electron chi connectivity index (χ2n) is 6.69. The van der Waals surface area contributed by atoms with Gasteiger partial charge in [-0.25, -0.2) is 9.97 Å². The van der Waals surface area contributed by atoms with Crippen LogP contribution in [0.4, 0.5) is 17.5 Å². The number of fused-ring (bicyclic) bond motifs is 1. The molecule has 0 saturated heterocycles. The van der Waals surface area contributed by atoms with Gasteiger partial charge in [-0.1, -0.05) is 12.1 Å². The molecular formula is C20H22ClN7. The van der Waals surface area contributed by atoms with Crippen LogP contribution in [0.5, 0.6) is 0 Å². The van der Waals surface area contributed by atoms with E-state index in [-0.39, 0.29) is 0 Å². The molecule has 0 aliphatic rings. The maximum atomic E-state index is 5.82. The molecule has 0 atom stereocenters. The van der Waals surface area contributed by atoms with Gasteiger partial charge in [-0.05, 0) is 25.5 Å². The van der Waals surface area contributed by atoms with E-state index < -0.39 is 0 Å². The Morgan fingerprint density at radius 3 is 2.86 bits per heavy atom. The lowest BCUT2D eigenvalue weighted by Crippen LogP contribution is -2.02. The van der Waals surface area contributed by atoms with E-state index in [0.717, 1.165) is 44.9 Å². The molecule has 3 heterocycles. The van der Waals surface area contributed by atoms with Gasteiger partial charge >= 0.3 is 0 Å². The molecule has 3 N–H and O–H groups in total. The maximum Gasteiger partial charge on any atom is 0.228 e. The molecule has 0 unspecified atom stereocenters. The van der Waals surface area contributed by atoms with Crippen molar-refractivity contribution in [1.82, 2.24) is 24.7 Å². The molecule has 0 amide bonds. The van der Waals surface area contributed by atoms with Crippen LogP contribution in [0.1, 0.15) is 11.3 Å². The van der Waals surface area contributed by atoms with Crippen molar-refractivity contribution < 1.29 is 0 Å². The molecular weight excluding hydrogens is 374 g/mol. The van der Waals surface area contributed by atoms with Gasteiger partial charge in [0.25, 0.3) is 0 Å². The molecule has 0 bridgehead atoms. The number of aryl methyl sites for hydroxylation is 3. The minimum Gasteiger partial charge on any atom is -0.382 e. The van der Waals surface area contributed by atoms with E-state index in [1.165, 1.54) is 0 Å². The van der Waals surface area contributed by atoms with Gasteiger partial charge in [0.2, 0.25) is 5.95 Å². The summed E-state index contributed by atoms with van der Waals surface area (Å²) in [7, 11) is 1.91. The lowest BCUT2D eigenvalue weighted by Gasteiger charge is -2.08. The van der Waals surface area contributed by atoms with Crippen molar-refractivity contribution in [3.8, 4) is 11.3 Å². The number of hydrogen-bond acceptors (Lipinski definition) is 5. The molecule has 1 aromatic carbocycles. The highest BCUT2D eigenvalue weighted by Gasteiger charge is 2.14. The fourth-order valence-electron chi connectivity index (χ4n) is 3.19. The van der Waals surface area contributed by atoms with Gasteiger partial charge < -0.3 is 15.6 Å². The Kier molecular flexibility index (Phi) is 4.92. The lowest BCUT2D eigenvalue weighted by atomic mass is 10.1. The third-order valence-electron chi connectivity index (χ3n) is 4.71. The predicted octanol–water partition coefficient (Wildman–Crippen LogP) is 4.37. The van der Waals surface area contributed by atoms with E-state index in [9.17, 15) is 0 Å². The minimum absolute atomic E-state index is 0.518. The quantitative estimate of drug-likeness (QED) is 0.422. The number of nitrogens with one attached hydrogen (secondary N) is 3. The molecule has 0 saturated carbocycles. The maximum absolute atomic E-state index is 5.82. The first-order valence-electron chi connectivity index (χ1n) is 9.08. The standard InChI is InChI=1S/C20H22ClN7/c1-12-10-24-20(25-17-9-13(2)28(3)27-17)26-18(12)15-11-23-19-14(15)5-4-6-16(19)22-8-7-21/h4-6,9-11,22-23H,7-8H2,1-3H3,(H,24,25,26,27). The van der Waals surface area contributed by atoms with Crippen LogP contribution in [0, 0.1) is 13.8 Å². The summed E-state index contributed by atoms with van der Waals surface area (Å²) >= 11 is 5.82. The zero-order chi connectivity index (χ0) is 19.7. The number of hydrogen-bond donors (Lipinski definition) is 3. The first kappa shape index (κ1) is 18.3. The number of anilines is 3. The second kappa shape index (κ2) is 7.52. The van der Waals surface area contributed by atoms with Crippen LogP contribution in [0.15, 0.2) is 36.7 Å². The number of benzene rings is 1. The average Bonchev–Trinajstić information content (AvgIpc) is 3.25. The lowest BCUT2D eigenvalue weighted by molar-refractivity contribution is 0.742. The van der Waals surface area contributed by atoms with Crippen molar-refractivity contribution in [3.05, 3.63) is 47.9 Å². The summed E-state index contributed by atoms with van der Waals surface area (Å²) in [5.74, 6) is 1.79. The summed E-state index contributed by atoms with van der Waals surface area (Å²) in [6.07, 6.45) is 3.81. The number of aromatic nitrogens is 5. The van der Waals surface area contributed by atoms with Gasteiger partial charge in [-0.15, -0.1) is 11.6 Å². The van der Waals surface area contributed by atoms with E-state index >= 15 is 0 Å². The largest absolute Gasteiger partial charge is 0.382 e. The summed E-state index contributed by atoms with van der Waals surface area (Å²) < 4.78 is 1.81. The van der Waals surface area contributed by atoms with Crippen LogP contribution in [0.25, 0.3) is 22.2 Å². The van der Waals surface area contributed by atoms with Crippen molar-refractivity contribution in [2.75, 3.05) is 23.1 Å². The smallest absolute Gasteiger partial charge is 0.228 e. The topological polar surface area (TPSA) is 83.5 Å². The average molecular weight is 396 g/mol. The molecule has 4 rings (SSSR count). The summed E-state index contributed by atoms with van der Waals surface area (Å²) in [6, 6.07) is 8.12. The van der Waals surface area contributed by atoms with Gasteiger partial charge in [0.15, 0.2) is 5.82 Å². The first-order valence-corrected chi connectivity index (χ1v) is 9.62. The molecule has 7 nitrogen and oxygen atoms in total. The van der Waals surface area contributed by atoms with Crippen molar-refractivity contribution in [2.45, 2.75) is 13.8 Å². The Balaban J connectivity index is 1.72. The second-order valence-corrected chi connectivity index (χ2v) is 7.07. The van der Waals surface area contributed by atoms with Gasteiger partial charge in [0.05, 0.1) is 16.9 Å². The number of alkyl halides is 1. The van der Waals surface area contributed by atoms with E-state index in [0.29, 0.717) is 18.4 Å². The molecule has 4 aromatic rings. The molecule has 0 aliphatic heterocycles. The summed E-state index contributed by atoms with van der Waals surface area (Å²) in [6.45, 7) is 4.72. The van der Waals surface area contributed by atoms with Gasteiger partial charge in [-0.3, -0.25) is 4.68 Å². The van der Waals surface area contributed by atoms with Gasteiger partial charge in [0.1, 0.15) is 0 Å². The Bertz CT molecular complexity index is 1110. The van der Waals surface area contributed by atoms with Crippen molar-refractivity contribution in [3.63, 3.8) is 0 Å². The van der Waals surface area contributed by atoms with E-state index in [1.54, 1.807) is 0 Å². The molecule has 3 aromatic heterocycles. The normalized spacial score (nSPS) is 11.1. The SMILES string of the molecule is Cc1cnc(Nc2cc(C)n(C)n2)nc1-c1c[nH]c2c(NCCCl)cccc12. The third-order valence-corrected chi connectivity index (χ3v) is 4.89. The van der Waals surface area contributed by atoms with Crippen LogP contribution in [-0.4, -0.2) is 37.2 Å². The molecule has 0 spiro atoms. The van der Waals surface area contributed by atoms with E-state index in [4.69, 9.17) is 16.6 Å². The summed E-state index contributed by atoms with van der Waals surface area (Å²) in [5.41, 5.74) is 6.04. The number of aromatic amines is 1. The number of halogens is 1. The van der Waals surface area contributed by atoms with Crippen LogP contribution in [-0.2, 0) is 7.05 Å². The highest BCUT2D eigenvalue weighted by molar-refractivity contribution is 6.18. The van der Waals surface area contributed by atoms with Crippen molar-refractivity contribution in [1.29, 1.82) is 0 Å². The fraction of sp³-hybridized carbons (Fsp3) is 0.250. The molecule has 0 radical (unpaired) electrons. The third kappa shape index (κ3) is 3.41. The zero-order valence-corrected chi connectivity index (χ0v) is 16.8. The number of para-hydroxylation sites is 1. The van der Waals surface area contributed by atoms with Crippen LogP contribution in [0.3, 0.4) is 0 Å². The van der Waals surface area contributed by atoms with Crippen LogP contribution >= 0.6 is 11.6 Å². The van der Waals surface area contributed by atoms with Gasteiger partial charge in [-0.2, -0.15) is 5.10 Å². The highest BCUT2D eigenvalue weighted by atomic mass is 35.5. The Morgan fingerprint density at radius 1 is 1.25 bits per heavy atom. The Morgan fingerprint density at radius 2 is 2.11 bits per heavy atom. The van der Waals surface area contributed by atoms with Crippen LogP contribution < -0.4 is 10.6 Å². The van der Waals surface area contributed by atoms with Crippen molar-refractivity contribution in [2.24, 2.45) is 7.05 Å². The van der Waals surface area contributed by atoms with Crippen LogP contribution in [0.2, 0.25) is 0 Å². The minimum atomic E-state index is 0.518. The number of nitrogens with zero attached hydrogens (tertiary/aromatic N) is 4. The summed E-state index contributed by atoms with van der Waals surface area (Å²) in [5, 5.41) is 12.0. The van der Waals surface area contributed by atoms with Gasteiger partial charge in [0, 0.05) is 54.6 Å². The number of rotatable bonds is 6. The fourth-order valence-corrected chi connectivity index (χ4v) is 3.29. The highest BCUT2D eigenvalue weighted by Crippen LogP contribution is 2.33. The predicted molar refractivity (Wildman–Crippen MR) is 114 cm³/mol. The Labute approximate surface area is 168 Å². The first-order chi connectivity index (χ1) is 13.6. The van der Waals surface area contributed by atoms with Crippen molar-refractivity contribution >= 4 is 40.0 Å². The molecule has 8 heteroatoms. The Hall–Kier alpha value is -3.06. The number of H-pyrrole nitrogens is 1. The van der Waals surface area contributed by atoms with E-state index in [2.05, 4.69) is 31.8 Å². The molecule has 28 heavy (non-hydrogen) atoms. The monoisotopic (exact) mass is 395 g/mol. The molecule has 144 valence electrons. The summed E-state index contributed by atoms with van der Waals surface area (Å²) in [4.78, 5) is 12.5.